The molecule has 0 atom stereocenters. The summed E-state index contributed by atoms with van der Waals surface area (Å²) in [5.41, 5.74) is 2.25. The summed E-state index contributed by atoms with van der Waals surface area (Å²) in [7, 11) is 0. The highest BCUT2D eigenvalue weighted by molar-refractivity contribution is 9.10. The number of amides is 1. The van der Waals surface area contributed by atoms with Crippen molar-refractivity contribution in [2.45, 2.75) is 13.0 Å². The van der Waals surface area contributed by atoms with Crippen molar-refractivity contribution in [3.8, 4) is 0 Å². The third kappa shape index (κ3) is 2.97. The lowest BCUT2D eigenvalue weighted by molar-refractivity contribution is 0.102. The lowest BCUT2D eigenvalue weighted by Crippen LogP contribution is -2.23. The number of carbonyl (C=O) groups is 1. The molecule has 3 aromatic rings. The molecule has 0 bridgehead atoms. The van der Waals surface area contributed by atoms with Crippen molar-refractivity contribution in [1.29, 1.82) is 0 Å². The Morgan fingerprint density at radius 3 is 2.56 bits per heavy atom. The molecule has 0 spiro atoms. The van der Waals surface area contributed by atoms with Crippen molar-refractivity contribution >= 4 is 61.6 Å². The summed E-state index contributed by atoms with van der Waals surface area (Å²) in [4.78, 5) is 25.5. The minimum atomic E-state index is -0.484. The van der Waals surface area contributed by atoms with Gasteiger partial charge in [-0.3, -0.25) is 9.59 Å². The van der Waals surface area contributed by atoms with Gasteiger partial charge in [0, 0.05) is 38.3 Å². The largest absolute Gasteiger partial charge is 0.346 e. The molecule has 4 rings (SSSR count). The molecule has 7 heteroatoms. The molecule has 1 aliphatic heterocycles. The third-order valence-corrected chi connectivity index (χ3v) is 5.10. The van der Waals surface area contributed by atoms with Gasteiger partial charge in [-0.2, -0.15) is 0 Å². The van der Waals surface area contributed by atoms with E-state index in [4.69, 9.17) is 23.2 Å². The van der Waals surface area contributed by atoms with Crippen molar-refractivity contribution in [1.82, 2.24) is 4.57 Å². The average molecular weight is 438 g/mol. The molecule has 1 aromatic heterocycles. The first-order chi connectivity index (χ1) is 11.9. The number of nitrogens with zero attached hydrogens (tertiary/aromatic N) is 1. The highest BCUT2D eigenvalue weighted by Crippen LogP contribution is 2.28. The number of benzene rings is 2. The van der Waals surface area contributed by atoms with Gasteiger partial charge in [0.2, 0.25) is 5.43 Å². The van der Waals surface area contributed by atoms with E-state index in [0.717, 1.165) is 28.5 Å². The molecule has 0 saturated carbocycles. The summed E-state index contributed by atoms with van der Waals surface area (Å²) in [5, 5.41) is 4.05. The van der Waals surface area contributed by atoms with Gasteiger partial charge in [-0.15, -0.1) is 0 Å². The summed E-state index contributed by atoms with van der Waals surface area (Å²) >= 11 is 15.3. The van der Waals surface area contributed by atoms with E-state index in [-0.39, 0.29) is 11.0 Å². The first kappa shape index (κ1) is 16.6. The number of anilines is 1. The first-order valence-corrected chi connectivity index (χ1v) is 9.10. The normalized spacial score (nSPS) is 12.6. The van der Waals surface area contributed by atoms with Crippen LogP contribution in [0.4, 0.5) is 5.69 Å². The number of hydrogen-bond acceptors (Lipinski definition) is 2. The van der Waals surface area contributed by atoms with Crippen LogP contribution >= 0.6 is 39.1 Å². The van der Waals surface area contributed by atoms with Crippen molar-refractivity contribution in [3.63, 3.8) is 0 Å². The van der Waals surface area contributed by atoms with Crippen molar-refractivity contribution in [2.24, 2.45) is 0 Å². The van der Waals surface area contributed by atoms with E-state index >= 15 is 0 Å². The highest BCUT2D eigenvalue weighted by atomic mass is 79.9. The monoisotopic (exact) mass is 436 g/mol. The molecular weight excluding hydrogens is 427 g/mol. The maximum absolute atomic E-state index is 12.8. The van der Waals surface area contributed by atoms with E-state index in [2.05, 4.69) is 21.2 Å². The predicted octanol–water partition coefficient (Wildman–Crippen LogP) is 4.88. The van der Waals surface area contributed by atoms with Crippen LogP contribution in [0.15, 0.2) is 45.8 Å². The number of aryl methyl sites for hydroxylation is 2. The Kier molecular flexibility index (Phi) is 4.10. The zero-order valence-electron chi connectivity index (χ0n) is 12.8. The topological polar surface area (TPSA) is 51.1 Å². The van der Waals surface area contributed by atoms with Gasteiger partial charge in [0.1, 0.15) is 5.56 Å². The molecule has 1 amide bonds. The number of hydrogen-bond donors (Lipinski definition) is 1. The molecule has 0 unspecified atom stereocenters. The summed E-state index contributed by atoms with van der Waals surface area (Å²) in [6, 6.07) is 8.51. The number of carbonyl (C=O) groups excluding carboxylic acids is 1. The van der Waals surface area contributed by atoms with Gasteiger partial charge in [-0.25, -0.2) is 0 Å². The van der Waals surface area contributed by atoms with Crippen molar-refractivity contribution in [3.05, 3.63) is 72.4 Å². The van der Waals surface area contributed by atoms with E-state index < -0.39 is 5.91 Å². The molecule has 4 nitrogen and oxygen atoms in total. The van der Waals surface area contributed by atoms with E-state index in [9.17, 15) is 9.59 Å². The fourth-order valence-electron chi connectivity index (χ4n) is 3.19. The molecular formula is C18H11BrCl2N2O2. The van der Waals surface area contributed by atoms with Crippen LogP contribution in [0, 0.1) is 0 Å². The Morgan fingerprint density at radius 2 is 1.84 bits per heavy atom. The predicted molar refractivity (Wildman–Crippen MR) is 104 cm³/mol. The first-order valence-electron chi connectivity index (χ1n) is 7.55. The van der Waals surface area contributed by atoms with Gasteiger partial charge >= 0.3 is 0 Å². The zero-order valence-corrected chi connectivity index (χ0v) is 15.9. The summed E-state index contributed by atoms with van der Waals surface area (Å²) in [6.07, 6.45) is 2.46. The average Bonchev–Trinajstić information content (AvgIpc) is 2.92. The van der Waals surface area contributed by atoms with Gasteiger partial charge in [0.05, 0.1) is 5.52 Å². The fraction of sp³-hybridized carbons (Fsp3) is 0.111. The molecule has 126 valence electrons. The Morgan fingerprint density at radius 1 is 1.12 bits per heavy atom. The van der Waals surface area contributed by atoms with Crippen LogP contribution in [0.5, 0.6) is 0 Å². The molecule has 0 radical (unpaired) electrons. The van der Waals surface area contributed by atoms with E-state index in [0.29, 0.717) is 21.1 Å². The Bertz CT molecular complexity index is 1090. The molecule has 0 fully saturated rings. The number of halogens is 3. The Labute approximate surface area is 161 Å². The van der Waals surface area contributed by atoms with Gasteiger partial charge in [0.25, 0.3) is 5.91 Å². The van der Waals surface area contributed by atoms with Crippen LogP contribution in [0.3, 0.4) is 0 Å². The highest BCUT2D eigenvalue weighted by Gasteiger charge is 2.21. The smallest absolute Gasteiger partial charge is 0.261 e. The molecule has 2 heterocycles. The molecule has 0 saturated heterocycles. The van der Waals surface area contributed by atoms with Crippen LogP contribution in [-0.2, 0) is 13.0 Å². The SMILES string of the molecule is O=C(Nc1cc(Cl)cc(Cl)c1)c1cn2c3c(cc(Br)cc3c1=O)CC2. The van der Waals surface area contributed by atoms with Crippen LogP contribution < -0.4 is 10.7 Å². The van der Waals surface area contributed by atoms with Crippen LogP contribution in [0.2, 0.25) is 10.0 Å². The second kappa shape index (κ2) is 6.16. The summed E-state index contributed by atoms with van der Waals surface area (Å²) in [5.74, 6) is -0.484. The van der Waals surface area contributed by atoms with Crippen LogP contribution in [-0.4, -0.2) is 10.5 Å². The quantitative estimate of drug-likeness (QED) is 0.621. The Balaban J connectivity index is 1.81. The van der Waals surface area contributed by atoms with Gasteiger partial charge < -0.3 is 9.88 Å². The van der Waals surface area contributed by atoms with E-state index in [1.807, 2.05) is 10.6 Å². The number of rotatable bonds is 2. The van der Waals surface area contributed by atoms with Crippen LogP contribution in [0.25, 0.3) is 10.9 Å². The number of pyridine rings is 1. The molecule has 1 N–H and O–H groups in total. The molecule has 25 heavy (non-hydrogen) atoms. The summed E-state index contributed by atoms with van der Waals surface area (Å²) < 4.78 is 2.79. The standard InChI is InChI=1S/C18H11BrCl2N2O2/c19-10-3-9-1-2-23-8-15(17(24)14(4-10)16(9)23)18(25)22-13-6-11(20)5-12(21)7-13/h3-8H,1-2H2,(H,22,25). The molecule has 0 aliphatic carbocycles. The number of aromatic nitrogens is 1. The Hall–Kier alpha value is -1.82. The second-order valence-electron chi connectivity index (χ2n) is 5.89. The van der Waals surface area contributed by atoms with Crippen LogP contribution in [0.1, 0.15) is 15.9 Å². The second-order valence-corrected chi connectivity index (χ2v) is 7.68. The van der Waals surface area contributed by atoms with Crippen molar-refractivity contribution in [2.75, 3.05) is 5.32 Å². The maximum Gasteiger partial charge on any atom is 0.261 e. The van der Waals surface area contributed by atoms with Gasteiger partial charge in [-0.05, 0) is 42.3 Å². The van der Waals surface area contributed by atoms with Crippen molar-refractivity contribution < 1.29 is 4.79 Å². The van der Waals surface area contributed by atoms with Gasteiger partial charge in [0.15, 0.2) is 0 Å². The minimum Gasteiger partial charge on any atom is -0.346 e. The van der Waals surface area contributed by atoms with E-state index in [1.54, 1.807) is 30.5 Å². The van der Waals surface area contributed by atoms with Gasteiger partial charge in [-0.1, -0.05) is 39.1 Å². The third-order valence-electron chi connectivity index (χ3n) is 4.20. The minimum absolute atomic E-state index is 0.0922. The maximum atomic E-state index is 12.8. The lowest BCUT2D eigenvalue weighted by Gasteiger charge is -2.10. The zero-order chi connectivity index (χ0) is 17.7. The van der Waals surface area contributed by atoms with E-state index in [1.165, 1.54) is 0 Å². The molecule has 2 aromatic carbocycles. The summed E-state index contributed by atoms with van der Waals surface area (Å²) in [6.45, 7) is 0.742. The lowest BCUT2D eigenvalue weighted by atomic mass is 10.1. The molecule has 1 aliphatic rings. The number of nitrogens with one attached hydrogen (secondary N) is 1. The fourth-order valence-corrected chi connectivity index (χ4v) is 4.22.